The monoisotopic (exact) mass is 503 g/mol. The van der Waals surface area contributed by atoms with Crippen molar-refractivity contribution in [3.63, 3.8) is 0 Å². The van der Waals surface area contributed by atoms with Crippen molar-refractivity contribution in [3.8, 4) is 0 Å². The lowest BCUT2D eigenvalue weighted by molar-refractivity contribution is -0.159. The van der Waals surface area contributed by atoms with Gasteiger partial charge in [0.15, 0.2) is 0 Å². The largest absolute Gasteiger partial charge is 0.460 e. The molecule has 0 aliphatic rings. The number of carbonyl (C=O) groups is 4. The van der Waals surface area contributed by atoms with Crippen LogP contribution in [0.3, 0.4) is 0 Å². The van der Waals surface area contributed by atoms with Crippen LogP contribution in [0.5, 0.6) is 0 Å². The number of nitrogens with one attached hydrogen (secondary N) is 2. The zero-order chi connectivity index (χ0) is 27.3. The summed E-state index contributed by atoms with van der Waals surface area (Å²) < 4.78 is 15.6. The van der Waals surface area contributed by atoms with Gasteiger partial charge in [-0.2, -0.15) is 0 Å². The molecule has 2 rings (SSSR count). The van der Waals surface area contributed by atoms with Crippen molar-refractivity contribution in [2.24, 2.45) is 0 Å². The molecule has 0 bridgehead atoms. The number of esters is 2. The molecule has 36 heavy (non-hydrogen) atoms. The van der Waals surface area contributed by atoms with E-state index in [0.717, 1.165) is 21.4 Å². The second kappa shape index (κ2) is 11.5. The summed E-state index contributed by atoms with van der Waals surface area (Å²) in [5.41, 5.74) is 0.108. The van der Waals surface area contributed by atoms with Crippen LogP contribution < -0.4 is 5.32 Å². The van der Waals surface area contributed by atoms with Gasteiger partial charge in [0, 0.05) is 30.6 Å². The number of likely N-dealkylation sites (N-methyl/N-ethyl adjacent to an activating group) is 1. The van der Waals surface area contributed by atoms with E-state index in [-0.39, 0.29) is 6.42 Å². The number of ether oxygens (including phenoxy) is 3. The molecule has 0 radical (unpaired) electrons. The summed E-state index contributed by atoms with van der Waals surface area (Å²) in [5.74, 6) is -2.04. The number of hydrogen-bond donors (Lipinski definition) is 2. The first-order valence-electron chi connectivity index (χ1n) is 11.7. The molecule has 2 amide bonds. The molecule has 2 unspecified atom stereocenters. The van der Waals surface area contributed by atoms with Gasteiger partial charge in [0.25, 0.3) is 0 Å². The molecule has 2 N–H and O–H groups in total. The molecule has 0 aliphatic carbocycles. The zero-order valence-electron chi connectivity index (χ0n) is 22.3. The molecule has 0 aliphatic heterocycles. The lowest BCUT2D eigenvalue weighted by Crippen LogP contribution is -2.54. The predicted molar refractivity (Wildman–Crippen MR) is 134 cm³/mol. The molecule has 2 aromatic rings. The topological polar surface area (TPSA) is 127 Å². The maximum atomic E-state index is 13.4. The molecule has 10 heteroatoms. The van der Waals surface area contributed by atoms with Gasteiger partial charge in [0.05, 0.1) is 13.5 Å². The first kappa shape index (κ1) is 28.7. The summed E-state index contributed by atoms with van der Waals surface area (Å²) in [7, 11) is 2.50. The van der Waals surface area contributed by atoms with Crippen LogP contribution in [0, 0.1) is 0 Å². The summed E-state index contributed by atoms with van der Waals surface area (Å²) in [6, 6.07) is 5.22. The third-order valence-electron chi connectivity index (χ3n) is 5.12. The predicted octanol–water partition coefficient (Wildman–Crippen LogP) is 3.34. The van der Waals surface area contributed by atoms with Crippen molar-refractivity contribution < 1.29 is 33.4 Å². The molecule has 198 valence electrons. The minimum atomic E-state index is -1.28. The van der Waals surface area contributed by atoms with Gasteiger partial charge in [-0.3, -0.25) is 14.5 Å². The molecule has 1 aromatic carbocycles. The summed E-state index contributed by atoms with van der Waals surface area (Å²) in [6.45, 7) is 10.3. The second-order valence-corrected chi connectivity index (χ2v) is 10.5. The highest BCUT2D eigenvalue weighted by molar-refractivity contribution is 5.93. The number of benzene rings is 1. The van der Waals surface area contributed by atoms with Crippen molar-refractivity contribution in [2.75, 3.05) is 14.2 Å². The molecule has 1 aromatic heterocycles. The van der Waals surface area contributed by atoms with E-state index in [0.29, 0.717) is 0 Å². The quantitative estimate of drug-likeness (QED) is 0.418. The number of hydrogen-bond acceptors (Lipinski definition) is 7. The van der Waals surface area contributed by atoms with E-state index >= 15 is 0 Å². The number of nitrogens with zero attached hydrogens (tertiary/aromatic N) is 1. The van der Waals surface area contributed by atoms with Gasteiger partial charge in [-0.05, 0) is 53.2 Å². The fourth-order valence-electron chi connectivity index (χ4n) is 3.57. The molecular formula is C26H37N3O7. The Morgan fingerprint density at radius 3 is 2.19 bits per heavy atom. The molecular weight excluding hydrogens is 466 g/mol. The Bertz CT molecular complexity index is 1090. The van der Waals surface area contributed by atoms with Gasteiger partial charge in [-0.25, -0.2) is 9.59 Å². The number of aromatic amines is 1. The van der Waals surface area contributed by atoms with Crippen LogP contribution in [-0.2, 0) is 35.0 Å². The minimum Gasteiger partial charge on any atom is -0.460 e. The van der Waals surface area contributed by atoms with Crippen molar-refractivity contribution in [1.82, 2.24) is 15.2 Å². The molecule has 10 nitrogen and oxygen atoms in total. The number of para-hydroxylation sites is 1. The van der Waals surface area contributed by atoms with E-state index in [4.69, 9.17) is 14.2 Å². The van der Waals surface area contributed by atoms with Crippen LogP contribution in [0.2, 0.25) is 0 Å². The third kappa shape index (κ3) is 8.28. The molecule has 0 saturated carbocycles. The molecule has 1 heterocycles. The number of methoxy groups -OCH3 is 1. The maximum Gasteiger partial charge on any atom is 0.409 e. The average molecular weight is 504 g/mol. The fraction of sp³-hybridized carbons (Fsp3) is 0.538. The first-order valence-corrected chi connectivity index (χ1v) is 11.7. The van der Waals surface area contributed by atoms with Gasteiger partial charge in [-0.15, -0.1) is 0 Å². The summed E-state index contributed by atoms with van der Waals surface area (Å²) in [4.78, 5) is 55.4. The van der Waals surface area contributed by atoms with Crippen LogP contribution in [0.25, 0.3) is 10.9 Å². The van der Waals surface area contributed by atoms with Gasteiger partial charge in [0.1, 0.15) is 23.3 Å². The Morgan fingerprint density at radius 1 is 1.00 bits per heavy atom. The van der Waals surface area contributed by atoms with Crippen LogP contribution in [0.1, 0.15) is 53.5 Å². The lowest BCUT2D eigenvalue weighted by atomic mass is 10.0. The highest BCUT2D eigenvalue weighted by Crippen LogP contribution is 2.21. The summed E-state index contributed by atoms with van der Waals surface area (Å²) in [6.07, 6.45) is 0.658. The second-order valence-electron chi connectivity index (χ2n) is 10.5. The van der Waals surface area contributed by atoms with Crippen LogP contribution in [-0.4, -0.2) is 71.3 Å². The van der Waals surface area contributed by atoms with E-state index in [2.05, 4.69) is 10.3 Å². The highest BCUT2D eigenvalue weighted by atomic mass is 16.6. The standard InChI is InChI=1S/C26H37N3O7/c1-25(2,3)35-21(30)14-20(29(7)24(33)34-8)22(31)28-19(23(32)36-26(4,5)6)13-16-15-27-18-12-10-9-11-17(16)18/h9-12,15,19-20,27H,13-14H2,1-8H3,(H,28,31). The van der Waals surface area contributed by atoms with Gasteiger partial charge in [-0.1, -0.05) is 18.2 Å². The Balaban J connectivity index is 2.35. The Morgan fingerprint density at radius 2 is 1.61 bits per heavy atom. The Hall–Kier alpha value is -3.56. The number of fused-ring (bicyclic) bond motifs is 1. The van der Waals surface area contributed by atoms with Crippen molar-refractivity contribution in [2.45, 2.75) is 77.7 Å². The smallest absolute Gasteiger partial charge is 0.409 e. The first-order chi connectivity index (χ1) is 16.6. The van der Waals surface area contributed by atoms with Crippen LogP contribution >= 0.6 is 0 Å². The summed E-state index contributed by atoms with van der Waals surface area (Å²) in [5, 5.41) is 3.59. The van der Waals surface area contributed by atoms with Gasteiger partial charge in [0.2, 0.25) is 5.91 Å². The van der Waals surface area contributed by atoms with E-state index in [1.54, 1.807) is 47.7 Å². The lowest BCUT2D eigenvalue weighted by Gasteiger charge is -2.29. The van der Waals surface area contributed by atoms with Gasteiger partial charge >= 0.3 is 18.0 Å². The Labute approximate surface area is 211 Å². The number of H-pyrrole nitrogens is 1. The van der Waals surface area contributed by atoms with Crippen LogP contribution in [0.4, 0.5) is 4.79 Å². The Kier molecular flexibility index (Phi) is 9.12. The fourth-order valence-corrected chi connectivity index (χ4v) is 3.57. The third-order valence-corrected chi connectivity index (χ3v) is 5.12. The molecule has 0 fully saturated rings. The van der Waals surface area contributed by atoms with Crippen LogP contribution in [0.15, 0.2) is 30.5 Å². The average Bonchev–Trinajstić information content (AvgIpc) is 3.16. The zero-order valence-corrected chi connectivity index (χ0v) is 22.3. The number of carbonyl (C=O) groups excluding carboxylic acids is 4. The van der Waals surface area contributed by atoms with Crippen molar-refractivity contribution in [3.05, 3.63) is 36.0 Å². The van der Waals surface area contributed by atoms with Gasteiger partial charge < -0.3 is 24.5 Å². The molecule has 2 atom stereocenters. The summed E-state index contributed by atoms with van der Waals surface area (Å²) >= 11 is 0. The molecule has 0 saturated heterocycles. The van der Waals surface area contributed by atoms with E-state index in [1.807, 2.05) is 24.3 Å². The van der Waals surface area contributed by atoms with E-state index in [9.17, 15) is 19.2 Å². The highest BCUT2D eigenvalue weighted by Gasteiger charge is 2.35. The maximum absolute atomic E-state index is 13.4. The van der Waals surface area contributed by atoms with E-state index < -0.39 is 53.6 Å². The normalized spacial score (nSPS) is 13.4. The minimum absolute atomic E-state index is 0.131. The molecule has 0 spiro atoms. The number of aromatic nitrogens is 1. The SMILES string of the molecule is COC(=O)N(C)C(CC(=O)OC(C)(C)C)C(=O)NC(Cc1c[nH]c2ccccc12)C(=O)OC(C)(C)C. The number of rotatable bonds is 8. The van der Waals surface area contributed by atoms with E-state index in [1.165, 1.54) is 14.2 Å². The van der Waals surface area contributed by atoms with Crippen molar-refractivity contribution in [1.29, 1.82) is 0 Å². The number of amides is 2. The van der Waals surface area contributed by atoms with Crippen molar-refractivity contribution >= 4 is 34.8 Å².